The van der Waals surface area contributed by atoms with E-state index < -0.39 is 30.7 Å². The lowest BCUT2D eigenvalue weighted by atomic mass is 9.95. The number of furan rings is 1. The normalized spacial score (nSPS) is 11.5. The highest BCUT2D eigenvalue weighted by atomic mass is 19.4. The lowest BCUT2D eigenvalue weighted by molar-refractivity contribution is -0.134. The highest BCUT2D eigenvalue weighted by molar-refractivity contribution is 6.11. The molecule has 3 aromatic carbocycles. The van der Waals surface area contributed by atoms with Gasteiger partial charge in [-0.3, -0.25) is 9.59 Å². The van der Waals surface area contributed by atoms with Gasteiger partial charge >= 0.3 is 6.18 Å². The minimum atomic E-state index is -4.46. The Balaban J connectivity index is 1.57. The molecule has 0 aliphatic rings. The topological polar surface area (TPSA) is 90.7 Å². The molecule has 46 heavy (non-hydrogen) atoms. The van der Waals surface area contributed by atoms with Crippen molar-refractivity contribution in [2.45, 2.75) is 31.9 Å². The molecule has 5 aromatic rings. The van der Waals surface area contributed by atoms with E-state index in [2.05, 4.69) is 10.3 Å². The van der Waals surface area contributed by atoms with Gasteiger partial charge in [-0.05, 0) is 78.6 Å². The van der Waals surface area contributed by atoms with E-state index in [1.54, 1.807) is 55.6 Å². The lowest BCUT2D eigenvalue weighted by Crippen LogP contribution is -2.18. The van der Waals surface area contributed by atoms with Crippen LogP contribution in [0.4, 0.5) is 17.6 Å². The molecule has 0 atom stereocenters. The molecule has 0 radical (unpaired) electrons. The maximum absolute atomic E-state index is 13.6. The first-order valence-electron chi connectivity index (χ1n) is 14.4. The average molecular weight is 635 g/mol. The third-order valence-corrected chi connectivity index (χ3v) is 7.57. The molecule has 1 N–H and O–H groups in total. The molecule has 11 heteroatoms. The zero-order valence-electron chi connectivity index (χ0n) is 25.3. The van der Waals surface area contributed by atoms with Crippen molar-refractivity contribution in [2.75, 3.05) is 21.3 Å². The summed E-state index contributed by atoms with van der Waals surface area (Å²) in [6.45, 7) is 0. The maximum atomic E-state index is 13.6. The monoisotopic (exact) mass is 634 g/mol. The molecule has 0 aliphatic heterocycles. The minimum Gasteiger partial charge on any atom is -0.497 e. The number of hydrogen-bond acceptors (Lipinski definition) is 6. The molecule has 0 unspecified atom stereocenters. The van der Waals surface area contributed by atoms with E-state index in [-0.39, 0.29) is 40.3 Å². The summed E-state index contributed by atoms with van der Waals surface area (Å²) in [5.41, 5.74) is 2.43. The number of amides is 1. The van der Waals surface area contributed by atoms with Crippen LogP contribution in [0.15, 0.2) is 77.2 Å². The number of fused-ring (bicyclic) bond motifs is 1. The number of carbonyl (C=O) groups is 2. The molecule has 2 aromatic heterocycles. The Labute approximate surface area is 262 Å². The summed E-state index contributed by atoms with van der Waals surface area (Å²) in [5.74, 6) is 0.128. The van der Waals surface area contributed by atoms with Crippen LogP contribution < -0.4 is 14.8 Å². The summed E-state index contributed by atoms with van der Waals surface area (Å²) < 4.78 is 70.4. The molecule has 0 saturated carbocycles. The molecule has 238 valence electrons. The van der Waals surface area contributed by atoms with Gasteiger partial charge in [0, 0.05) is 36.6 Å². The zero-order valence-corrected chi connectivity index (χ0v) is 25.3. The Kier molecular flexibility index (Phi) is 9.41. The highest BCUT2D eigenvalue weighted by Crippen LogP contribution is 2.38. The van der Waals surface area contributed by atoms with Gasteiger partial charge in [-0.25, -0.2) is 9.37 Å². The maximum Gasteiger partial charge on any atom is 0.389 e. The Morgan fingerprint density at radius 1 is 0.913 bits per heavy atom. The van der Waals surface area contributed by atoms with Crippen LogP contribution in [0.1, 0.15) is 44.8 Å². The quantitative estimate of drug-likeness (QED) is 0.117. The fraction of sp³-hybridized carbons (Fsp3) is 0.229. The van der Waals surface area contributed by atoms with E-state index in [9.17, 15) is 27.2 Å². The van der Waals surface area contributed by atoms with E-state index in [0.29, 0.717) is 40.2 Å². The summed E-state index contributed by atoms with van der Waals surface area (Å²) in [7, 11) is 4.51. The Bertz CT molecular complexity index is 1900. The largest absolute Gasteiger partial charge is 0.497 e. The summed E-state index contributed by atoms with van der Waals surface area (Å²) in [5, 5.41) is 2.81. The summed E-state index contributed by atoms with van der Waals surface area (Å²) in [4.78, 5) is 30.9. The van der Waals surface area contributed by atoms with Crippen molar-refractivity contribution in [1.82, 2.24) is 10.3 Å². The molecule has 0 bridgehead atoms. The number of carbonyl (C=O) groups excluding carboxylic acids is 2. The fourth-order valence-electron chi connectivity index (χ4n) is 5.24. The Morgan fingerprint density at radius 3 is 2.35 bits per heavy atom. The number of methoxy groups -OCH3 is 2. The fourth-order valence-corrected chi connectivity index (χ4v) is 5.24. The van der Waals surface area contributed by atoms with Crippen molar-refractivity contribution in [3.8, 4) is 33.9 Å². The lowest BCUT2D eigenvalue weighted by Gasteiger charge is -2.13. The number of Topliss-reactive ketones (excluding diaryl/α,β-unsaturated/α-hetero) is 1. The van der Waals surface area contributed by atoms with Crippen LogP contribution >= 0.6 is 0 Å². The third kappa shape index (κ3) is 7.03. The van der Waals surface area contributed by atoms with Gasteiger partial charge in [0.25, 0.3) is 5.91 Å². The molecular weight excluding hydrogens is 604 g/mol. The van der Waals surface area contributed by atoms with Crippen molar-refractivity contribution in [1.29, 1.82) is 0 Å². The number of nitrogens with one attached hydrogen (secondary N) is 1. The minimum absolute atomic E-state index is 0.0432. The average Bonchev–Trinajstić information content (AvgIpc) is 3.43. The van der Waals surface area contributed by atoms with Crippen LogP contribution in [0, 0.1) is 5.82 Å². The van der Waals surface area contributed by atoms with Gasteiger partial charge < -0.3 is 19.2 Å². The molecule has 0 fully saturated rings. The van der Waals surface area contributed by atoms with Crippen molar-refractivity contribution < 1.29 is 41.0 Å². The second-order valence-electron chi connectivity index (χ2n) is 10.5. The molecular formula is C35H30F4N2O5. The van der Waals surface area contributed by atoms with Gasteiger partial charge in [-0.15, -0.1) is 0 Å². The number of hydrogen-bond donors (Lipinski definition) is 1. The first-order chi connectivity index (χ1) is 22.0. The van der Waals surface area contributed by atoms with Gasteiger partial charge in [0.05, 0.1) is 30.9 Å². The SMILES string of the molecule is CNC(=O)c1c(-c2ccc(F)cc2)oc2nc(CCC(F)(F)F)c(-c3cccc(C(=O)CCc4cc(OC)ccc4OC)c3)cc12. The smallest absolute Gasteiger partial charge is 0.389 e. The zero-order chi connectivity index (χ0) is 33.0. The molecule has 5 rings (SSSR count). The van der Waals surface area contributed by atoms with E-state index in [1.165, 1.54) is 38.4 Å². The Morgan fingerprint density at radius 2 is 1.67 bits per heavy atom. The summed E-state index contributed by atoms with van der Waals surface area (Å²) in [6, 6.07) is 18.7. The number of nitrogens with zero attached hydrogens (tertiary/aromatic N) is 1. The number of ether oxygens (including phenoxy) is 2. The summed E-state index contributed by atoms with van der Waals surface area (Å²) in [6.07, 6.45) is -5.57. The number of aryl methyl sites for hydroxylation is 2. The first kappa shape index (κ1) is 32.2. The van der Waals surface area contributed by atoms with E-state index in [4.69, 9.17) is 13.9 Å². The van der Waals surface area contributed by atoms with Crippen molar-refractivity contribution in [3.63, 3.8) is 0 Å². The third-order valence-electron chi connectivity index (χ3n) is 7.57. The number of pyridine rings is 1. The highest BCUT2D eigenvalue weighted by Gasteiger charge is 2.29. The predicted octanol–water partition coefficient (Wildman–Crippen LogP) is 7.99. The number of benzene rings is 3. The van der Waals surface area contributed by atoms with Gasteiger partial charge in [-0.1, -0.05) is 18.2 Å². The number of halogens is 4. The van der Waals surface area contributed by atoms with E-state index >= 15 is 0 Å². The number of alkyl halides is 3. The van der Waals surface area contributed by atoms with Gasteiger partial charge in [0.1, 0.15) is 23.1 Å². The molecule has 1 amide bonds. The van der Waals surface area contributed by atoms with Crippen LogP contribution in [-0.4, -0.2) is 44.1 Å². The molecule has 0 aliphatic carbocycles. The first-order valence-corrected chi connectivity index (χ1v) is 14.4. The van der Waals surface area contributed by atoms with Gasteiger partial charge in [0.15, 0.2) is 5.78 Å². The van der Waals surface area contributed by atoms with Gasteiger partial charge in [0.2, 0.25) is 5.71 Å². The van der Waals surface area contributed by atoms with Crippen molar-refractivity contribution in [3.05, 3.63) is 101 Å². The van der Waals surface area contributed by atoms with E-state index in [0.717, 1.165) is 5.56 Å². The molecule has 0 spiro atoms. The molecule has 0 saturated heterocycles. The van der Waals surface area contributed by atoms with E-state index in [1.807, 2.05) is 0 Å². The van der Waals surface area contributed by atoms with Crippen LogP contribution in [0.2, 0.25) is 0 Å². The van der Waals surface area contributed by atoms with Crippen molar-refractivity contribution >= 4 is 22.8 Å². The standard InChI is InChI=1S/C35H30F4N2O5/c1-40-33(43)31-27-19-26(28(15-16-35(37,38)39)41-34(27)46-32(31)20-7-10-24(36)11-8-20)21-5-4-6-22(17-21)29(42)13-9-23-18-25(44-2)12-14-30(23)45-3/h4-8,10-12,14,17-19H,9,13,15-16H2,1-3H3,(H,40,43). The second-order valence-corrected chi connectivity index (χ2v) is 10.5. The molecule has 7 nitrogen and oxygen atoms in total. The van der Waals surface area contributed by atoms with Crippen LogP contribution in [0.5, 0.6) is 11.5 Å². The Hall–Kier alpha value is -5.19. The second kappa shape index (κ2) is 13.4. The number of ketones is 1. The van der Waals surface area contributed by atoms with Crippen LogP contribution in [0.25, 0.3) is 33.6 Å². The van der Waals surface area contributed by atoms with Crippen LogP contribution in [-0.2, 0) is 12.8 Å². The summed E-state index contributed by atoms with van der Waals surface area (Å²) >= 11 is 0. The van der Waals surface area contributed by atoms with Gasteiger partial charge in [-0.2, -0.15) is 13.2 Å². The number of rotatable bonds is 11. The van der Waals surface area contributed by atoms with Crippen LogP contribution in [0.3, 0.4) is 0 Å². The molecule has 2 heterocycles. The predicted molar refractivity (Wildman–Crippen MR) is 165 cm³/mol. The van der Waals surface area contributed by atoms with Crippen molar-refractivity contribution in [2.24, 2.45) is 0 Å². The number of aromatic nitrogens is 1.